The predicted octanol–water partition coefficient (Wildman–Crippen LogP) is 4.53. The fourth-order valence-electron chi connectivity index (χ4n) is 4.36. The number of carbonyl (C=O) groups excluding carboxylic acids is 1. The van der Waals surface area contributed by atoms with Crippen LogP contribution < -0.4 is 10.2 Å². The first-order valence-electron chi connectivity index (χ1n) is 11.3. The highest BCUT2D eigenvalue weighted by Crippen LogP contribution is 2.32. The number of aromatic nitrogens is 1. The van der Waals surface area contributed by atoms with Crippen molar-refractivity contribution in [2.24, 2.45) is 5.92 Å². The number of anilines is 1. The number of benzene rings is 1. The maximum absolute atomic E-state index is 12.6. The van der Waals surface area contributed by atoms with Crippen molar-refractivity contribution in [2.45, 2.75) is 51.9 Å². The number of piperidine rings is 1. The molecule has 0 spiro atoms. The average Bonchev–Trinajstić information content (AvgIpc) is 2.99. The highest BCUT2D eigenvalue weighted by Gasteiger charge is 2.19. The predicted molar refractivity (Wildman–Crippen MR) is 122 cm³/mol. The molecule has 6 heteroatoms. The Hall–Kier alpha value is -1.66. The van der Waals surface area contributed by atoms with Crippen LogP contribution in [-0.2, 0) is 0 Å². The number of rotatable bonds is 6. The fourth-order valence-corrected chi connectivity index (χ4v) is 5.41. The summed E-state index contributed by atoms with van der Waals surface area (Å²) in [6, 6.07) is 5.91. The number of carbonyl (C=O) groups is 1. The zero-order valence-corrected chi connectivity index (χ0v) is 18.5. The summed E-state index contributed by atoms with van der Waals surface area (Å²) in [5, 5.41) is 4.20. The molecule has 2 aromatic rings. The lowest BCUT2D eigenvalue weighted by Gasteiger charge is -2.29. The van der Waals surface area contributed by atoms with Gasteiger partial charge in [-0.2, -0.15) is 0 Å². The Balaban J connectivity index is 1.29. The van der Waals surface area contributed by atoms with E-state index in [-0.39, 0.29) is 5.91 Å². The molecule has 2 aliphatic heterocycles. The van der Waals surface area contributed by atoms with Crippen molar-refractivity contribution in [2.75, 3.05) is 44.2 Å². The lowest BCUT2D eigenvalue weighted by atomic mass is 10.00. The Kier molecular flexibility index (Phi) is 7.03. The standard InChI is InChI=1S/C23H34N4OS/c1-18-9-15-27(16-10-18)23-25-20-8-7-19(17-21(20)29-23)22(28)24-11-6-14-26-12-4-2-3-5-13-26/h7-8,17-18H,2-6,9-16H2,1H3,(H,24,28). The quantitative estimate of drug-likeness (QED) is 0.706. The van der Waals surface area contributed by atoms with Gasteiger partial charge in [0.15, 0.2) is 5.13 Å². The van der Waals surface area contributed by atoms with Crippen LogP contribution in [-0.4, -0.2) is 55.1 Å². The van der Waals surface area contributed by atoms with Gasteiger partial charge in [0, 0.05) is 25.2 Å². The first-order chi connectivity index (χ1) is 14.2. The van der Waals surface area contributed by atoms with Gasteiger partial charge in [0.2, 0.25) is 0 Å². The van der Waals surface area contributed by atoms with E-state index >= 15 is 0 Å². The molecule has 1 amide bonds. The second-order valence-corrected chi connectivity index (χ2v) is 9.72. The highest BCUT2D eigenvalue weighted by molar-refractivity contribution is 7.22. The number of amides is 1. The summed E-state index contributed by atoms with van der Waals surface area (Å²) >= 11 is 1.71. The van der Waals surface area contributed by atoms with Crippen LogP contribution in [0, 0.1) is 5.92 Å². The molecule has 29 heavy (non-hydrogen) atoms. The Morgan fingerprint density at radius 1 is 1.14 bits per heavy atom. The summed E-state index contributed by atoms with van der Waals surface area (Å²) in [7, 11) is 0. The molecule has 2 aliphatic rings. The molecule has 158 valence electrons. The van der Waals surface area contributed by atoms with Gasteiger partial charge in [-0.25, -0.2) is 4.98 Å². The van der Waals surface area contributed by atoms with Gasteiger partial charge >= 0.3 is 0 Å². The number of hydrogen-bond donors (Lipinski definition) is 1. The Bertz CT molecular complexity index is 804. The average molecular weight is 415 g/mol. The molecule has 1 aromatic carbocycles. The van der Waals surface area contributed by atoms with Crippen LogP contribution in [0.2, 0.25) is 0 Å². The van der Waals surface area contributed by atoms with Crippen molar-refractivity contribution in [1.82, 2.24) is 15.2 Å². The van der Waals surface area contributed by atoms with E-state index in [4.69, 9.17) is 4.98 Å². The van der Waals surface area contributed by atoms with Crippen molar-refractivity contribution >= 4 is 32.6 Å². The number of thiazole rings is 1. The topological polar surface area (TPSA) is 48.5 Å². The third-order valence-corrected chi connectivity index (χ3v) is 7.41. The summed E-state index contributed by atoms with van der Waals surface area (Å²) in [6.45, 7) is 8.77. The molecule has 0 radical (unpaired) electrons. The third kappa shape index (κ3) is 5.48. The summed E-state index contributed by atoms with van der Waals surface area (Å²) in [5.74, 6) is 0.847. The van der Waals surface area contributed by atoms with E-state index in [1.807, 2.05) is 18.2 Å². The Labute approximate surface area is 178 Å². The molecular formula is C23H34N4OS. The van der Waals surface area contributed by atoms with Crippen molar-refractivity contribution in [3.63, 3.8) is 0 Å². The largest absolute Gasteiger partial charge is 0.352 e. The number of hydrogen-bond acceptors (Lipinski definition) is 5. The van der Waals surface area contributed by atoms with E-state index in [1.165, 1.54) is 51.6 Å². The molecular weight excluding hydrogens is 380 g/mol. The van der Waals surface area contributed by atoms with Crippen LogP contribution in [0.15, 0.2) is 18.2 Å². The molecule has 2 fully saturated rings. The van der Waals surface area contributed by atoms with Gasteiger partial charge in [-0.15, -0.1) is 0 Å². The number of nitrogens with zero attached hydrogens (tertiary/aromatic N) is 3. The minimum absolute atomic E-state index is 0.0320. The van der Waals surface area contributed by atoms with Crippen LogP contribution >= 0.6 is 11.3 Å². The summed E-state index contributed by atoms with van der Waals surface area (Å²) in [6.07, 6.45) is 8.87. The Morgan fingerprint density at radius 3 is 2.66 bits per heavy atom. The van der Waals surface area contributed by atoms with Gasteiger partial charge < -0.3 is 15.1 Å². The van der Waals surface area contributed by atoms with Crippen molar-refractivity contribution in [1.29, 1.82) is 0 Å². The van der Waals surface area contributed by atoms with Gasteiger partial charge in [-0.1, -0.05) is 31.1 Å². The Morgan fingerprint density at radius 2 is 1.90 bits per heavy atom. The van der Waals surface area contributed by atoms with Crippen LogP contribution in [0.25, 0.3) is 10.2 Å². The molecule has 5 nitrogen and oxygen atoms in total. The van der Waals surface area contributed by atoms with Gasteiger partial charge in [0.1, 0.15) is 0 Å². The lowest BCUT2D eigenvalue weighted by molar-refractivity contribution is 0.0952. The van der Waals surface area contributed by atoms with E-state index in [0.717, 1.165) is 59.4 Å². The third-order valence-electron chi connectivity index (χ3n) is 6.33. The second-order valence-electron chi connectivity index (χ2n) is 8.71. The molecule has 3 heterocycles. The summed E-state index contributed by atoms with van der Waals surface area (Å²) in [4.78, 5) is 22.3. The maximum atomic E-state index is 12.6. The molecule has 0 atom stereocenters. The summed E-state index contributed by atoms with van der Waals surface area (Å²) in [5.41, 5.74) is 1.75. The smallest absolute Gasteiger partial charge is 0.251 e. The van der Waals surface area contributed by atoms with Gasteiger partial charge in [0.25, 0.3) is 5.91 Å². The van der Waals surface area contributed by atoms with Crippen LogP contribution in [0.1, 0.15) is 62.2 Å². The molecule has 2 saturated heterocycles. The molecule has 4 rings (SSSR count). The van der Waals surface area contributed by atoms with Crippen molar-refractivity contribution < 1.29 is 4.79 Å². The molecule has 0 aliphatic carbocycles. The molecule has 0 unspecified atom stereocenters. The number of likely N-dealkylation sites (tertiary alicyclic amines) is 1. The zero-order valence-electron chi connectivity index (χ0n) is 17.7. The van der Waals surface area contributed by atoms with E-state index in [1.54, 1.807) is 11.3 Å². The minimum atomic E-state index is 0.0320. The zero-order chi connectivity index (χ0) is 20.1. The summed E-state index contributed by atoms with van der Waals surface area (Å²) < 4.78 is 1.11. The minimum Gasteiger partial charge on any atom is -0.352 e. The van der Waals surface area contributed by atoms with Crippen molar-refractivity contribution in [3.8, 4) is 0 Å². The van der Waals surface area contributed by atoms with E-state index in [9.17, 15) is 4.79 Å². The first-order valence-corrected chi connectivity index (χ1v) is 12.2. The van der Waals surface area contributed by atoms with Crippen LogP contribution in [0.4, 0.5) is 5.13 Å². The molecule has 1 N–H and O–H groups in total. The van der Waals surface area contributed by atoms with Gasteiger partial charge in [-0.05, 0) is 75.9 Å². The second kappa shape index (κ2) is 9.90. The lowest BCUT2D eigenvalue weighted by Crippen LogP contribution is -2.32. The normalized spacial score (nSPS) is 19.4. The van der Waals surface area contributed by atoms with E-state index < -0.39 is 0 Å². The fraction of sp³-hybridized carbons (Fsp3) is 0.652. The van der Waals surface area contributed by atoms with E-state index in [0.29, 0.717) is 0 Å². The van der Waals surface area contributed by atoms with Crippen LogP contribution in [0.3, 0.4) is 0 Å². The van der Waals surface area contributed by atoms with Crippen molar-refractivity contribution in [3.05, 3.63) is 23.8 Å². The van der Waals surface area contributed by atoms with E-state index in [2.05, 4.69) is 22.0 Å². The molecule has 0 saturated carbocycles. The molecule has 1 aromatic heterocycles. The SMILES string of the molecule is CC1CCN(c2nc3ccc(C(=O)NCCCN4CCCCCC4)cc3s2)CC1. The van der Waals surface area contributed by atoms with Gasteiger partial charge in [0.05, 0.1) is 10.2 Å². The number of nitrogens with one attached hydrogen (secondary N) is 1. The monoisotopic (exact) mass is 414 g/mol. The maximum Gasteiger partial charge on any atom is 0.251 e. The highest BCUT2D eigenvalue weighted by atomic mass is 32.1. The van der Waals surface area contributed by atoms with Crippen LogP contribution in [0.5, 0.6) is 0 Å². The number of fused-ring (bicyclic) bond motifs is 1. The first kappa shape index (κ1) is 20.6. The molecule has 0 bridgehead atoms. The van der Waals surface area contributed by atoms with Gasteiger partial charge in [-0.3, -0.25) is 4.79 Å².